The number of ether oxygens (including phenoxy) is 1. The zero-order valence-electron chi connectivity index (χ0n) is 40.3. The highest BCUT2D eigenvalue weighted by molar-refractivity contribution is 5.97. The molecule has 0 aromatic heterocycles. The van der Waals surface area contributed by atoms with E-state index in [0.717, 1.165) is 11.1 Å². The monoisotopic (exact) mass is 981 g/mol. The Morgan fingerprint density at radius 2 is 1.20 bits per heavy atom. The van der Waals surface area contributed by atoms with Gasteiger partial charge in [-0.15, -0.1) is 0 Å². The summed E-state index contributed by atoms with van der Waals surface area (Å²) in [4.78, 5) is 107. The quantitative estimate of drug-likeness (QED) is 0.0515. The summed E-state index contributed by atoms with van der Waals surface area (Å²) in [7, 11) is 0. The van der Waals surface area contributed by atoms with E-state index in [4.69, 9.17) is 4.74 Å². The number of alkyl halides is 3. The predicted molar refractivity (Wildman–Crippen MR) is 254 cm³/mol. The number of hydrogen-bond acceptors (Lipinski definition) is 10. The lowest BCUT2D eigenvalue weighted by atomic mass is 9.85. The van der Waals surface area contributed by atoms with E-state index in [0.29, 0.717) is 11.3 Å². The molecule has 1 unspecified atom stereocenters. The van der Waals surface area contributed by atoms with Crippen molar-refractivity contribution in [2.75, 3.05) is 18.5 Å². The van der Waals surface area contributed by atoms with Gasteiger partial charge >= 0.3 is 6.18 Å². The summed E-state index contributed by atoms with van der Waals surface area (Å²) < 4.78 is 45.2. The second-order valence-electron chi connectivity index (χ2n) is 18.4. The van der Waals surface area contributed by atoms with Gasteiger partial charge in [-0.05, 0) is 59.9 Å². The lowest BCUT2D eigenvalue weighted by molar-refractivity contribution is -0.147. The van der Waals surface area contributed by atoms with E-state index >= 15 is 0 Å². The van der Waals surface area contributed by atoms with E-state index < -0.39 is 103 Å². The molecule has 0 fully saturated rings. The molecule has 70 heavy (non-hydrogen) atoms. The molecule has 3 aromatic rings. The number of carbonyl (C=O) groups excluding carboxylic acids is 8. The Balaban J connectivity index is 1.86. The maximum atomic E-state index is 14.5. The van der Waals surface area contributed by atoms with Crippen LogP contribution in [-0.4, -0.2) is 108 Å². The Kier molecular flexibility index (Phi) is 23.1. The molecular weight excluding hydrogens is 916 g/mol. The average molecular weight is 982 g/mol. The van der Waals surface area contributed by atoms with E-state index in [1.807, 2.05) is 5.32 Å². The number of amides is 7. The van der Waals surface area contributed by atoms with E-state index in [-0.39, 0.29) is 56.8 Å². The first-order chi connectivity index (χ1) is 33.0. The van der Waals surface area contributed by atoms with Crippen molar-refractivity contribution in [1.82, 2.24) is 31.9 Å². The maximum absolute atomic E-state index is 14.5. The maximum Gasteiger partial charge on any atom is 0.391 e. The lowest BCUT2D eigenvalue weighted by Crippen LogP contribution is -2.62. The number of anilines is 1. The zero-order valence-corrected chi connectivity index (χ0v) is 40.3. The molecule has 0 saturated carbocycles. The van der Waals surface area contributed by atoms with Gasteiger partial charge in [-0.25, -0.2) is 0 Å². The molecule has 0 saturated heterocycles. The van der Waals surface area contributed by atoms with Gasteiger partial charge in [0.05, 0.1) is 32.3 Å². The standard InChI is InChI=1S/C50H66F3N7O10/c1-31(2)24-37(44(65)55-36(27-61)26-50(51,52)53)58-48(69)43(49(4,5)6)60-45(66)38(25-34-19-14-13-16-32(34)3)57-47(68)40(30-70-29-33-17-9-7-10-18-33)59-46(67)39(28-62)56-42(64)23-15-22-41(63)54-35-20-11-8-12-21-35/h7-14,16-21,27,31,36-40,43,62H,15,22-26,28-30H2,1-6H3,(H,54,63)(H,55,65)(H,56,64)(H,57,68)(H,58,69)(H,59,67)(H,60,66)/t36?,37-,38-,39-,40+,43+/m0/s1. The molecule has 0 radical (unpaired) electrons. The second kappa shape index (κ2) is 28.1. The number of hydrogen-bond donors (Lipinski definition) is 8. The first kappa shape index (κ1) is 57.6. The van der Waals surface area contributed by atoms with Crippen molar-refractivity contribution in [2.24, 2.45) is 11.3 Å². The van der Waals surface area contributed by atoms with E-state index in [2.05, 4.69) is 31.9 Å². The minimum absolute atomic E-state index is 0.00194. The first-order valence-corrected chi connectivity index (χ1v) is 22.9. The third-order valence-electron chi connectivity index (χ3n) is 10.7. The van der Waals surface area contributed by atoms with Gasteiger partial charge in [0.25, 0.3) is 0 Å². The number of carbonyl (C=O) groups is 8. The summed E-state index contributed by atoms with van der Waals surface area (Å²) in [5.74, 6) is -5.92. The zero-order chi connectivity index (χ0) is 52.0. The van der Waals surface area contributed by atoms with Crippen LogP contribution >= 0.6 is 0 Å². The third kappa shape index (κ3) is 20.9. The molecule has 7 amide bonds. The topological polar surface area (TPSA) is 250 Å². The van der Waals surface area contributed by atoms with Gasteiger partial charge < -0.3 is 51.9 Å². The van der Waals surface area contributed by atoms with Crippen molar-refractivity contribution in [3.8, 4) is 0 Å². The molecule has 0 aliphatic heterocycles. The number of aryl methyl sites for hydroxylation is 1. The second-order valence-corrected chi connectivity index (χ2v) is 18.4. The van der Waals surface area contributed by atoms with Crippen LogP contribution in [0.1, 0.15) is 83.4 Å². The molecule has 6 atom stereocenters. The van der Waals surface area contributed by atoms with Crippen molar-refractivity contribution < 1.29 is 61.4 Å². The largest absolute Gasteiger partial charge is 0.394 e. The summed E-state index contributed by atoms with van der Waals surface area (Å²) in [5.41, 5.74) is 1.61. The van der Waals surface area contributed by atoms with Crippen LogP contribution in [0.2, 0.25) is 0 Å². The van der Waals surface area contributed by atoms with E-state index in [9.17, 15) is 56.6 Å². The van der Waals surface area contributed by atoms with Gasteiger partial charge in [0, 0.05) is 24.9 Å². The predicted octanol–water partition coefficient (Wildman–Crippen LogP) is 3.71. The van der Waals surface area contributed by atoms with Gasteiger partial charge in [-0.1, -0.05) is 107 Å². The van der Waals surface area contributed by atoms with Crippen molar-refractivity contribution in [3.63, 3.8) is 0 Å². The highest BCUT2D eigenvalue weighted by Gasteiger charge is 2.39. The normalized spacial score (nSPS) is 14.1. The molecule has 0 bridgehead atoms. The van der Waals surface area contributed by atoms with Gasteiger partial charge in [0.1, 0.15) is 36.5 Å². The summed E-state index contributed by atoms with van der Waals surface area (Å²) in [5, 5.41) is 27.8. The van der Waals surface area contributed by atoms with E-state index in [1.165, 1.54) is 0 Å². The van der Waals surface area contributed by atoms with Crippen LogP contribution in [0.5, 0.6) is 0 Å². The van der Waals surface area contributed by atoms with Crippen LogP contribution in [-0.2, 0) is 56.1 Å². The number of rotatable bonds is 27. The molecule has 3 aromatic carbocycles. The molecule has 382 valence electrons. The summed E-state index contributed by atoms with van der Waals surface area (Å²) in [6.45, 7) is 8.73. The Labute approximate surface area is 406 Å². The van der Waals surface area contributed by atoms with Crippen molar-refractivity contribution >= 4 is 53.3 Å². The smallest absolute Gasteiger partial charge is 0.391 e. The highest BCUT2D eigenvalue weighted by atomic mass is 19.4. The number of aldehydes is 1. The summed E-state index contributed by atoms with van der Waals surface area (Å²) >= 11 is 0. The molecule has 0 spiro atoms. The van der Waals surface area contributed by atoms with Gasteiger partial charge in [-0.2, -0.15) is 13.2 Å². The van der Waals surface area contributed by atoms with Gasteiger partial charge in [0.15, 0.2) is 0 Å². The van der Waals surface area contributed by atoms with E-state index in [1.54, 1.807) is 126 Å². The van der Waals surface area contributed by atoms with Crippen molar-refractivity contribution in [3.05, 3.63) is 102 Å². The fourth-order valence-electron chi connectivity index (χ4n) is 7.02. The number of aliphatic hydroxyl groups is 1. The SMILES string of the molecule is Cc1ccccc1C[C@H](NC(=O)[C@@H](COCc1ccccc1)NC(=O)[C@H](CO)NC(=O)CCCC(=O)Nc1ccccc1)C(=O)N[C@H](C(=O)N[C@@H](CC(C)C)C(=O)NC(C=O)CC(F)(F)F)C(C)(C)C. The fraction of sp³-hybridized carbons (Fsp3) is 0.480. The van der Waals surface area contributed by atoms with Crippen LogP contribution in [0.3, 0.4) is 0 Å². The Morgan fingerprint density at radius 1 is 0.657 bits per heavy atom. The fourth-order valence-corrected chi connectivity index (χ4v) is 7.02. The first-order valence-electron chi connectivity index (χ1n) is 22.9. The lowest BCUT2D eigenvalue weighted by Gasteiger charge is -2.34. The Bertz CT molecular complexity index is 2210. The van der Waals surface area contributed by atoms with Crippen LogP contribution in [0, 0.1) is 18.3 Å². The number of para-hydroxylation sites is 1. The number of nitrogens with one attached hydrogen (secondary N) is 7. The number of aliphatic hydroxyl groups excluding tert-OH is 1. The minimum atomic E-state index is -4.77. The van der Waals surface area contributed by atoms with Crippen molar-refractivity contribution in [2.45, 2.75) is 129 Å². The minimum Gasteiger partial charge on any atom is -0.394 e. The number of benzene rings is 3. The molecule has 8 N–H and O–H groups in total. The molecule has 17 nitrogen and oxygen atoms in total. The van der Waals surface area contributed by atoms with Gasteiger partial charge in [0.2, 0.25) is 41.4 Å². The highest BCUT2D eigenvalue weighted by Crippen LogP contribution is 2.23. The Hall–Kier alpha value is -6.67. The van der Waals surface area contributed by atoms with Gasteiger partial charge in [-0.3, -0.25) is 33.6 Å². The Morgan fingerprint density at radius 3 is 1.79 bits per heavy atom. The summed E-state index contributed by atoms with van der Waals surface area (Å²) in [6.07, 6.45) is -6.68. The number of halogens is 3. The summed E-state index contributed by atoms with van der Waals surface area (Å²) in [6, 6.07) is 15.4. The molecule has 0 aliphatic carbocycles. The third-order valence-corrected chi connectivity index (χ3v) is 10.7. The van der Waals surface area contributed by atoms with Crippen LogP contribution in [0.15, 0.2) is 84.9 Å². The molecule has 0 aliphatic rings. The van der Waals surface area contributed by atoms with Crippen molar-refractivity contribution in [1.29, 1.82) is 0 Å². The molecule has 20 heteroatoms. The van der Waals surface area contributed by atoms with Crippen LogP contribution in [0.4, 0.5) is 18.9 Å². The average Bonchev–Trinajstić information content (AvgIpc) is 3.29. The molecule has 0 heterocycles. The van der Waals surface area contributed by atoms with Crippen LogP contribution < -0.4 is 37.2 Å². The molecule has 3 rings (SSSR count). The van der Waals surface area contributed by atoms with Crippen LogP contribution in [0.25, 0.3) is 0 Å². The molecular formula is C50H66F3N7O10.